The SMILES string of the molecule is CCC(C)n1ccc(CNC2CCCC(C)CC2)n1. The molecule has 1 heterocycles. The van der Waals surface area contributed by atoms with Gasteiger partial charge in [-0.3, -0.25) is 4.68 Å². The summed E-state index contributed by atoms with van der Waals surface area (Å²) in [6, 6.07) is 3.35. The zero-order valence-electron chi connectivity index (χ0n) is 12.7. The van der Waals surface area contributed by atoms with Crippen LogP contribution in [-0.2, 0) is 6.54 Å². The van der Waals surface area contributed by atoms with Crippen molar-refractivity contribution >= 4 is 0 Å². The molecule has 0 aliphatic heterocycles. The largest absolute Gasteiger partial charge is 0.308 e. The minimum Gasteiger partial charge on any atom is -0.308 e. The Labute approximate surface area is 117 Å². The molecule has 0 bridgehead atoms. The summed E-state index contributed by atoms with van der Waals surface area (Å²) in [7, 11) is 0. The summed E-state index contributed by atoms with van der Waals surface area (Å²) in [4.78, 5) is 0. The molecule has 1 fully saturated rings. The first-order chi connectivity index (χ1) is 9.19. The number of nitrogens with one attached hydrogen (secondary N) is 1. The number of hydrogen-bond acceptors (Lipinski definition) is 2. The minimum atomic E-state index is 0.507. The topological polar surface area (TPSA) is 29.9 Å². The van der Waals surface area contributed by atoms with Crippen LogP contribution in [0.4, 0.5) is 0 Å². The summed E-state index contributed by atoms with van der Waals surface area (Å²) in [6.07, 6.45) is 10.1. The molecule has 1 aliphatic carbocycles. The molecule has 3 unspecified atom stereocenters. The number of aromatic nitrogens is 2. The van der Waals surface area contributed by atoms with Crippen LogP contribution in [0.1, 0.15) is 71.0 Å². The van der Waals surface area contributed by atoms with E-state index in [9.17, 15) is 0 Å². The highest BCUT2D eigenvalue weighted by Crippen LogP contribution is 2.22. The van der Waals surface area contributed by atoms with E-state index in [-0.39, 0.29) is 0 Å². The number of rotatable bonds is 5. The van der Waals surface area contributed by atoms with Gasteiger partial charge in [-0.1, -0.05) is 26.7 Å². The second-order valence-electron chi connectivity index (χ2n) is 6.24. The van der Waals surface area contributed by atoms with Crippen LogP contribution in [0, 0.1) is 5.92 Å². The third-order valence-corrected chi connectivity index (χ3v) is 4.54. The van der Waals surface area contributed by atoms with Gasteiger partial charge in [0.15, 0.2) is 0 Å². The maximum atomic E-state index is 4.66. The van der Waals surface area contributed by atoms with E-state index < -0.39 is 0 Å². The van der Waals surface area contributed by atoms with Gasteiger partial charge in [-0.2, -0.15) is 5.10 Å². The number of nitrogens with zero attached hydrogens (tertiary/aromatic N) is 2. The lowest BCUT2D eigenvalue weighted by atomic mass is 10.0. The average molecular weight is 263 g/mol. The quantitative estimate of drug-likeness (QED) is 0.816. The van der Waals surface area contributed by atoms with Crippen molar-refractivity contribution in [3.8, 4) is 0 Å². The summed E-state index contributed by atoms with van der Waals surface area (Å²) in [5, 5.41) is 8.35. The molecule has 0 amide bonds. The lowest BCUT2D eigenvalue weighted by Gasteiger charge is -2.15. The highest BCUT2D eigenvalue weighted by Gasteiger charge is 2.16. The van der Waals surface area contributed by atoms with Crippen LogP contribution in [0.25, 0.3) is 0 Å². The van der Waals surface area contributed by atoms with Gasteiger partial charge in [-0.25, -0.2) is 0 Å². The molecule has 0 spiro atoms. The first kappa shape index (κ1) is 14.6. The van der Waals surface area contributed by atoms with E-state index in [1.807, 2.05) is 0 Å². The van der Waals surface area contributed by atoms with Crippen LogP contribution in [0.5, 0.6) is 0 Å². The van der Waals surface area contributed by atoms with Crippen LogP contribution < -0.4 is 5.32 Å². The Bertz CT molecular complexity index is 372. The molecule has 2 rings (SSSR count). The molecule has 3 heteroatoms. The molecule has 1 aliphatic rings. The van der Waals surface area contributed by atoms with Crippen LogP contribution in [0.2, 0.25) is 0 Å². The van der Waals surface area contributed by atoms with E-state index in [2.05, 4.69) is 48.1 Å². The monoisotopic (exact) mass is 263 g/mol. The molecule has 108 valence electrons. The molecule has 19 heavy (non-hydrogen) atoms. The predicted octanol–water partition coefficient (Wildman–Crippen LogP) is 3.91. The van der Waals surface area contributed by atoms with Crippen molar-refractivity contribution in [2.24, 2.45) is 5.92 Å². The molecule has 3 atom stereocenters. The van der Waals surface area contributed by atoms with E-state index >= 15 is 0 Å². The third-order valence-electron chi connectivity index (χ3n) is 4.54. The van der Waals surface area contributed by atoms with Gasteiger partial charge in [0.25, 0.3) is 0 Å². The molecular weight excluding hydrogens is 234 g/mol. The van der Waals surface area contributed by atoms with Gasteiger partial charge in [0, 0.05) is 24.8 Å². The van der Waals surface area contributed by atoms with Gasteiger partial charge < -0.3 is 5.32 Å². The lowest BCUT2D eigenvalue weighted by Crippen LogP contribution is -2.28. The normalized spacial score (nSPS) is 26.1. The van der Waals surface area contributed by atoms with Gasteiger partial charge in [0.1, 0.15) is 0 Å². The zero-order chi connectivity index (χ0) is 13.7. The third kappa shape index (κ3) is 4.34. The average Bonchev–Trinajstić information content (AvgIpc) is 2.79. The highest BCUT2D eigenvalue weighted by molar-refractivity contribution is 4.99. The van der Waals surface area contributed by atoms with Crippen molar-refractivity contribution in [1.82, 2.24) is 15.1 Å². The fourth-order valence-electron chi connectivity index (χ4n) is 2.84. The fraction of sp³-hybridized carbons (Fsp3) is 0.812. The Hall–Kier alpha value is -0.830. The predicted molar refractivity (Wildman–Crippen MR) is 80.1 cm³/mol. The Kier molecular flexibility index (Phi) is 5.44. The van der Waals surface area contributed by atoms with Crippen LogP contribution in [0.3, 0.4) is 0 Å². The summed E-state index contributed by atoms with van der Waals surface area (Å²) < 4.78 is 2.09. The summed E-state index contributed by atoms with van der Waals surface area (Å²) >= 11 is 0. The van der Waals surface area contributed by atoms with Crippen molar-refractivity contribution in [2.75, 3.05) is 0 Å². The molecule has 0 saturated heterocycles. The molecule has 0 aromatic carbocycles. The zero-order valence-corrected chi connectivity index (χ0v) is 12.7. The molecule has 1 aromatic rings. The molecular formula is C16H29N3. The van der Waals surface area contributed by atoms with Gasteiger partial charge in [0.2, 0.25) is 0 Å². The smallest absolute Gasteiger partial charge is 0.0762 e. The van der Waals surface area contributed by atoms with Crippen molar-refractivity contribution in [3.63, 3.8) is 0 Å². The second kappa shape index (κ2) is 7.09. The van der Waals surface area contributed by atoms with E-state index in [0.29, 0.717) is 12.1 Å². The van der Waals surface area contributed by atoms with Gasteiger partial charge >= 0.3 is 0 Å². The summed E-state index contributed by atoms with van der Waals surface area (Å²) in [6.45, 7) is 7.73. The lowest BCUT2D eigenvalue weighted by molar-refractivity contribution is 0.436. The molecule has 3 nitrogen and oxygen atoms in total. The van der Waals surface area contributed by atoms with Gasteiger partial charge in [-0.15, -0.1) is 0 Å². The van der Waals surface area contributed by atoms with E-state index in [1.165, 1.54) is 37.8 Å². The van der Waals surface area contributed by atoms with Crippen molar-refractivity contribution in [2.45, 2.75) is 77.9 Å². The van der Waals surface area contributed by atoms with Gasteiger partial charge in [-0.05, 0) is 44.6 Å². The van der Waals surface area contributed by atoms with E-state index in [0.717, 1.165) is 18.9 Å². The van der Waals surface area contributed by atoms with Crippen molar-refractivity contribution in [1.29, 1.82) is 0 Å². The fourth-order valence-corrected chi connectivity index (χ4v) is 2.84. The Balaban J connectivity index is 1.80. The molecule has 1 aromatic heterocycles. The summed E-state index contributed by atoms with van der Waals surface area (Å²) in [5.41, 5.74) is 1.18. The Morgan fingerprint density at radius 2 is 2.21 bits per heavy atom. The first-order valence-corrected chi connectivity index (χ1v) is 7.96. The second-order valence-corrected chi connectivity index (χ2v) is 6.24. The minimum absolute atomic E-state index is 0.507. The Morgan fingerprint density at radius 1 is 1.37 bits per heavy atom. The standard InChI is InChI=1S/C16H29N3/c1-4-14(3)19-11-10-16(18-19)12-17-15-7-5-6-13(2)8-9-15/h10-11,13-15,17H,4-9,12H2,1-3H3. The van der Waals surface area contributed by atoms with Gasteiger partial charge in [0.05, 0.1) is 5.69 Å². The molecule has 1 N–H and O–H groups in total. The molecule has 1 saturated carbocycles. The maximum Gasteiger partial charge on any atom is 0.0762 e. The van der Waals surface area contributed by atoms with E-state index in [1.54, 1.807) is 0 Å². The van der Waals surface area contributed by atoms with E-state index in [4.69, 9.17) is 0 Å². The highest BCUT2D eigenvalue weighted by atomic mass is 15.3. The number of hydrogen-bond donors (Lipinski definition) is 1. The molecule has 0 radical (unpaired) electrons. The first-order valence-electron chi connectivity index (χ1n) is 7.96. The van der Waals surface area contributed by atoms with Crippen LogP contribution in [-0.4, -0.2) is 15.8 Å². The van der Waals surface area contributed by atoms with Crippen molar-refractivity contribution in [3.05, 3.63) is 18.0 Å². The van der Waals surface area contributed by atoms with Crippen LogP contribution in [0.15, 0.2) is 12.3 Å². The van der Waals surface area contributed by atoms with Crippen LogP contribution >= 0.6 is 0 Å². The summed E-state index contributed by atoms with van der Waals surface area (Å²) in [5.74, 6) is 0.913. The Morgan fingerprint density at radius 3 is 3.00 bits per heavy atom. The van der Waals surface area contributed by atoms with Crippen molar-refractivity contribution < 1.29 is 0 Å². The maximum absolute atomic E-state index is 4.66.